The van der Waals surface area contributed by atoms with Gasteiger partial charge in [-0.3, -0.25) is 14.6 Å². The molecular weight excluding hydrogens is 338 g/mol. The van der Waals surface area contributed by atoms with Crippen molar-refractivity contribution in [2.75, 3.05) is 10.6 Å². The van der Waals surface area contributed by atoms with Gasteiger partial charge in [0.05, 0.1) is 0 Å². The van der Waals surface area contributed by atoms with E-state index < -0.39 is 0 Å². The fraction of sp³-hybridized carbons (Fsp3) is 0.136. The third-order valence-corrected chi connectivity index (χ3v) is 4.05. The number of nitrogens with one attached hydrogen (secondary N) is 2. The zero-order valence-corrected chi connectivity index (χ0v) is 15.5. The van der Waals surface area contributed by atoms with E-state index >= 15 is 0 Å². The van der Waals surface area contributed by atoms with Crippen LogP contribution in [0, 0.1) is 13.8 Å². The number of nitrogens with zero attached hydrogens (tertiary/aromatic N) is 1. The van der Waals surface area contributed by atoms with Gasteiger partial charge in [-0.05, 0) is 80.4 Å². The number of ketones is 1. The Morgan fingerprint density at radius 2 is 1.48 bits per heavy atom. The molecule has 3 aromatic rings. The van der Waals surface area contributed by atoms with Crippen LogP contribution in [-0.4, -0.2) is 16.7 Å². The second-order valence-electron chi connectivity index (χ2n) is 6.52. The molecule has 2 aromatic carbocycles. The van der Waals surface area contributed by atoms with E-state index in [9.17, 15) is 9.59 Å². The van der Waals surface area contributed by atoms with Gasteiger partial charge in [0.15, 0.2) is 5.78 Å². The number of amides is 1. The molecule has 0 unspecified atom stereocenters. The first kappa shape index (κ1) is 18.3. The van der Waals surface area contributed by atoms with Crippen LogP contribution in [0.25, 0.3) is 0 Å². The molecule has 0 aliphatic carbocycles. The van der Waals surface area contributed by atoms with Gasteiger partial charge >= 0.3 is 0 Å². The molecule has 5 heteroatoms. The Kier molecular flexibility index (Phi) is 5.31. The number of aromatic nitrogens is 1. The molecule has 0 radical (unpaired) electrons. The highest BCUT2D eigenvalue weighted by Gasteiger charge is 2.09. The molecule has 2 N–H and O–H groups in total. The molecule has 3 rings (SSSR count). The van der Waals surface area contributed by atoms with Crippen LogP contribution >= 0.6 is 0 Å². The molecular formula is C22H21N3O2. The zero-order chi connectivity index (χ0) is 19.4. The van der Waals surface area contributed by atoms with Crippen molar-refractivity contribution in [3.63, 3.8) is 0 Å². The van der Waals surface area contributed by atoms with E-state index in [1.807, 2.05) is 32.0 Å². The molecule has 0 saturated heterocycles. The van der Waals surface area contributed by atoms with Crippen LogP contribution in [0.4, 0.5) is 17.1 Å². The summed E-state index contributed by atoms with van der Waals surface area (Å²) in [4.78, 5) is 28.0. The maximum Gasteiger partial charge on any atom is 0.274 e. The van der Waals surface area contributed by atoms with Crippen LogP contribution in [0.1, 0.15) is 38.9 Å². The first-order chi connectivity index (χ1) is 12.9. The zero-order valence-electron chi connectivity index (χ0n) is 15.5. The Hall–Kier alpha value is -3.47. The molecule has 0 saturated carbocycles. The van der Waals surface area contributed by atoms with E-state index in [1.165, 1.54) is 18.1 Å². The Bertz CT molecular complexity index is 974. The SMILES string of the molecule is CC(=O)c1ccc(NC(=O)c2cc(Nc3cc(C)cc(C)c3)ccn2)cc1. The average molecular weight is 359 g/mol. The summed E-state index contributed by atoms with van der Waals surface area (Å²) in [6.07, 6.45) is 1.60. The topological polar surface area (TPSA) is 71.1 Å². The Balaban J connectivity index is 1.74. The highest BCUT2D eigenvalue weighted by atomic mass is 16.2. The number of aryl methyl sites for hydroxylation is 2. The van der Waals surface area contributed by atoms with Gasteiger partial charge in [0.25, 0.3) is 5.91 Å². The summed E-state index contributed by atoms with van der Waals surface area (Å²) >= 11 is 0. The predicted molar refractivity (Wildman–Crippen MR) is 108 cm³/mol. The molecule has 0 bridgehead atoms. The molecule has 0 fully saturated rings. The molecule has 27 heavy (non-hydrogen) atoms. The Labute approximate surface area is 158 Å². The third-order valence-electron chi connectivity index (χ3n) is 4.05. The van der Waals surface area contributed by atoms with Crippen molar-refractivity contribution in [2.45, 2.75) is 20.8 Å². The van der Waals surface area contributed by atoms with Crippen molar-refractivity contribution in [1.29, 1.82) is 0 Å². The van der Waals surface area contributed by atoms with Gasteiger partial charge in [-0.2, -0.15) is 0 Å². The van der Waals surface area contributed by atoms with Gasteiger partial charge in [-0.25, -0.2) is 0 Å². The summed E-state index contributed by atoms with van der Waals surface area (Å²) in [6.45, 7) is 5.59. The lowest BCUT2D eigenvalue weighted by Crippen LogP contribution is -2.14. The fourth-order valence-corrected chi connectivity index (χ4v) is 2.83. The highest BCUT2D eigenvalue weighted by Crippen LogP contribution is 2.20. The number of carbonyl (C=O) groups is 2. The molecule has 1 amide bonds. The lowest BCUT2D eigenvalue weighted by Gasteiger charge is -2.10. The standard InChI is InChI=1S/C22H21N3O2/c1-14-10-15(2)12-20(11-14)24-19-8-9-23-21(13-19)22(27)25-18-6-4-17(5-7-18)16(3)26/h4-13H,1-3H3,(H,23,24)(H,25,27). The molecule has 0 aliphatic heterocycles. The van der Waals surface area contributed by atoms with Gasteiger partial charge in [0, 0.05) is 28.8 Å². The second-order valence-corrected chi connectivity index (χ2v) is 6.52. The number of hydrogen-bond donors (Lipinski definition) is 2. The number of anilines is 3. The predicted octanol–water partition coefficient (Wildman–Crippen LogP) is 4.90. The number of benzene rings is 2. The van der Waals surface area contributed by atoms with Gasteiger partial charge in [0.1, 0.15) is 5.69 Å². The van der Waals surface area contributed by atoms with Crippen molar-refractivity contribution in [2.24, 2.45) is 0 Å². The normalized spacial score (nSPS) is 10.3. The lowest BCUT2D eigenvalue weighted by molar-refractivity contribution is 0.101. The summed E-state index contributed by atoms with van der Waals surface area (Å²) in [7, 11) is 0. The van der Waals surface area contributed by atoms with E-state index in [0.29, 0.717) is 16.9 Å². The number of pyridine rings is 1. The molecule has 0 atom stereocenters. The Morgan fingerprint density at radius 1 is 0.815 bits per heavy atom. The third kappa shape index (κ3) is 4.79. The molecule has 0 spiro atoms. The minimum absolute atomic E-state index is 0.0142. The van der Waals surface area contributed by atoms with Crippen LogP contribution in [0.5, 0.6) is 0 Å². The smallest absolute Gasteiger partial charge is 0.274 e. The van der Waals surface area contributed by atoms with E-state index in [2.05, 4.69) is 21.7 Å². The first-order valence-electron chi connectivity index (χ1n) is 8.64. The molecule has 5 nitrogen and oxygen atoms in total. The second kappa shape index (κ2) is 7.83. The summed E-state index contributed by atoms with van der Waals surface area (Å²) in [6, 6.07) is 16.5. The maximum absolute atomic E-state index is 12.5. The van der Waals surface area contributed by atoms with Crippen molar-refractivity contribution in [3.05, 3.63) is 83.2 Å². The number of Topliss-reactive ketones (excluding diaryl/α,β-unsaturated/α-hetero) is 1. The van der Waals surface area contributed by atoms with Crippen molar-refractivity contribution >= 4 is 28.8 Å². The summed E-state index contributed by atoms with van der Waals surface area (Å²) < 4.78 is 0. The van der Waals surface area contributed by atoms with E-state index in [-0.39, 0.29) is 11.7 Å². The summed E-state index contributed by atoms with van der Waals surface area (Å²) in [5, 5.41) is 6.10. The molecule has 1 aromatic heterocycles. The fourth-order valence-electron chi connectivity index (χ4n) is 2.83. The van der Waals surface area contributed by atoms with Gasteiger partial charge in [-0.15, -0.1) is 0 Å². The van der Waals surface area contributed by atoms with Crippen molar-refractivity contribution in [3.8, 4) is 0 Å². The van der Waals surface area contributed by atoms with Crippen LogP contribution in [0.2, 0.25) is 0 Å². The minimum Gasteiger partial charge on any atom is -0.355 e. The van der Waals surface area contributed by atoms with Crippen LogP contribution in [0.15, 0.2) is 60.8 Å². The van der Waals surface area contributed by atoms with Gasteiger partial charge in [0.2, 0.25) is 0 Å². The van der Waals surface area contributed by atoms with Crippen LogP contribution in [-0.2, 0) is 0 Å². The van der Waals surface area contributed by atoms with Crippen molar-refractivity contribution < 1.29 is 9.59 Å². The maximum atomic E-state index is 12.5. The van der Waals surface area contributed by atoms with E-state index in [0.717, 1.165) is 11.4 Å². The van der Waals surface area contributed by atoms with Crippen LogP contribution in [0.3, 0.4) is 0 Å². The summed E-state index contributed by atoms with van der Waals surface area (Å²) in [5.74, 6) is -0.325. The molecule has 1 heterocycles. The number of carbonyl (C=O) groups excluding carboxylic acids is 2. The minimum atomic E-state index is -0.311. The van der Waals surface area contributed by atoms with E-state index in [1.54, 1.807) is 36.5 Å². The monoisotopic (exact) mass is 359 g/mol. The largest absolute Gasteiger partial charge is 0.355 e. The Morgan fingerprint density at radius 3 is 2.11 bits per heavy atom. The first-order valence-corrected chi connectivity index (χ1v) is 8.64. The number of rotatable bonds is 5. The average Bonchev–Trinajstić information content (AvgIpc) is 2.61. The van der Waals surface area contributed by atoms with Gasteiger partial charge < -0.3 is 10.6 Å². The lowest BCUT2D eigenvalue weighted by atomic mass is 10.1. The quantitative estimate of drug-likeness (QED) is 0.636. The molecule has 136 valence electrons. The van der Waals surface area contributed by atoms with Crippen LogP contribution < -0.4 is 10.6 Å². The summed E-state index contributed by atoms with van der Waals surface area (Å²) in [5.41, 5.74) is 5.60. The highest BCUT2D eigenvalue weighted by molar-refractivity contribution is 6.03. The number of hydrogen-bond acceptors (Lipinski definition) is 4. The van der Waals surface area contributed by atoms with Crippen molar-refractivity contribution in [1.82, 2.24) is 4.98 Å². The van der Waals surface area contributed by atoms with Gasteiger partial charge in [-0.1, -0.05) is 6.07 Å². The molecule has 0 aliphatic rings. The van der Waals surface area contributed by atoms with E-state index in [4.69, 9.17) is 0 Å².